The summed E-state index contributed by atoms with van der Waals surface area (Å²) in [5, 5.41) is 3.35. The quantitative estimate of drug-likeness (QED) is 0.846. The largest absolute Gasteiger partial charge is 0.352 e. The Balaban J connectivity index is 2.08. The predicted octanol–water partition coefficient (Wildman–Crippen LogP) is 3.59. The summed E-state index contributed by atoms with van der Waals surface area (Å²) in [6.07, 6.45) is 2.14. The van der Waals surface area contributed by atoms with Gasteiger partial charge in [0.2, 0.25) is 0 Å². The van der Waals surface area contributed by atoms with Crippen LogP contribution in [-0.4, -0.2) is 34.1 Å². The third-order valence-electron chi connectivity index (χ3n) is 3.63. The number of hydrogen-bond acceptors (Lipinski definition) is 5. The predicted molar refractivity (Wildman–Crippen MR) is 85.5 cm³/mol. The van der Waals surface area contributed by atoms with Gasteiger partial charge in [0.15, 0.2) is 0 Å². The van der Waals surface area contributed by atoms with Gasteiger partial charge in [-0.1, -0.05) is 6.92 Å². The van der Waals surface area contributed by atoms with Gasteiger partial charge in [-0.3, -0.25) is 0 Å². The molecule has 3 nitrogen and oxygen atoms in total. The van der Waals surface area contributed by atoms with Gasteiger partial charge < -0.3 is 4.90 Å². The highest BCUT2D eigenvalue weighted by molar-refractivity contribution is 7.99. The molecular formula is C14H19N3S2. The van der Waals surface area contributed by atoms with E-state index in [0.29, 0.717) is 6.04 Å². The molecule has 1 aliphatic rings. The highest BCUT2D eigenvalue weighted by atomic mass is 32.2. The first-order valence-corrected chi connectivity index (χ1v) is 8.91. The summed E-state index contributed by atoms with van der Waals surface area (Å²) < 4.78 is 0. The fourth-order valence-corrected chi connectivity index (χ4v) is 4.28. The average Bonchev–Trinajstić information content (AvgIpc) is 2.80. The third kappa shape index (κ3) is 2.58. The Kier molecular flexibility index (Phi) is 3.93. The van der Waals surface area contributed by atoms with Crippen molar-refractivity contribution < 1.29 is 0 Å². The lowest BCUT2D eigenvalue weighted by molar-refractivity contribution is 0.638. The van der Waals surface area contributed by atoms with Crippen LogP contribution in [0, 0.1) is 0 Å². The summed E-state index contributed by atoms with van der Waals surface area (Å²) in [5.74, 6) is 4.57. The van der Waals surface area contributed by atoms with E-state index in [1.165, 1.54) is 23.3 Å². The SMILES string of the molecule is CCc1nc(N2CCSCCC2C)c2ccsc2n1. The van der Waals surface area contributed by atoms with E-state index in [-0.39, 0.29) is 0 Å². The molecule has 2 aromatic rings. The van der Waals surface area contributed by atoms with Crippen LogP contribution in [0.5, 0.6) is 0 Å². The normalized spacial score (nSPS) is 20.7. The number of fused-ring (bicyclic) bond motifs is 1. The average molecular weight is 293 g/mol. The summed E-state index contributed by atoms with van der Waals surface area (Å²) >= 11 is 3.77. The summed E-state index contributed by atoms with van der Waals surface area (Å²) in [4.78, 5) is 13.1. The van der Waals surface area contributed by atoms with Gasteiger partial charge in [0.25, 0.3) is 0 Å². The van der Waals surface area contributed by atoms with E-state index >= 15 is 0 Å². The molecule has 0 aromatic carbocycles. The Hall–Kier alpha value is -0.810. The molecule has 1 aliphatic heterocycles. The highest BCUT2D eigenvalue weighted by Crippen LogP contribution is 2.31. The zero-order valence-corrected chi connectivity index (χ0v) is 13.1. The van der Waals surface area contributed by atoms with Crippen molar-refractivity contribution in [3.8, 4) is 0 Å². The Bertz CT molecular complexity index is 567. The molecule has 0 saturated carbocycles. The van der Waals surface area contributed by atoms with E-state index in [0.717, 1.165) is 29.4 Å². The highest BCUT2D eigenvalue weighted by Gasteiger charge is 2.21. The molecule has 19 heavy (non-hydrogen) atoms. The Morgan fingerprint density at radius 2 is 2.26 bits per heavy atom. The number of hydrogen-bond donors (Lipinski definition) is 0. The van der Waals surface area contributed by atoms with Crippen LogP contribution < -0.4 is 4.90 Å². The van der Waals surface area contributed by atoms with E-state index in [1.807, 2.05) is 0 Å². The molecule has 1 fully saturated rings. The van der Waals surface area contributed by atoms with E-state index in [4.69, 9.17) is 4.98 Å². The van der Waals surface area contributed by atoms with Gasteiger partial charge in [0, 0.05) is 24.8 Å². The van der Waals surface area contributed by atoms with Crippen molar-refractivity contribution in [2.45, 2.75) is 32.7 Å². The molecule has 0 bridgehead atoms. The minimum absolute atomic E-state index is 0.567. The van der Waals surface area contributed by atoms with Crippen LogP contribution >= 0.6 is 23.1 Å². The molecule has 102 valence electrons. The van der Waals surface area contributed by atoms with Crippen molar-refractivity contribution in [1.82, 2.24) is 9.97 Å². The smallest absolute Gasteiger partial charge is 0.141 e. The van der Waals surface area contributed by atoms with Gasteiger partial charge in [0.1, 0.15) is 16.5 Å². The van der Waals surface area contributed by atoms with Gasteiger partial charge >= 0.3 is 0 Å². The monoisotopic (exact) mass is 293 g/mol. The van der Waals surface area contributed by atoms with Crippen LogP contribution in [0.3, 0.4) is 0 Å². The number of anilines is 1. The topological polar surface area (TPSA) is 29.0 Å². The van der Waals surface area contributed by atoms with Gasteiger partial charge in [-0.15, -0.1) is 11.3 Å². The minimum Gasteiger partial charge on any atom is -0.352 e. The fraction of sp³-hybridized carbons (Fsp3) is 0.571. The van der Waals surface area contributed by atoms with Crippen LogP contribution in [-0.2, 0) is 6.42 Å². The maximum atomic E-state index is 4.82. The zero-order valence-electron chi connectivity index (χ0n) is 11.4. The lowest BCUT2D eigenvalue weighted by Gasteiger charge is -2.28. The molecule has 0 aliphatic carbocycles. The molecule has 0 radical (unpaired) electrons. The van der Waals surface area contributed by atoms with Gasteiger partial charge in [-0.25, -0.2) is 9.97 Å². The Morgan fingerprint density at radius 3 is 3.11 bits per heavy atom. The summed E-state index contributed by atoms with van der Waals surface area (Å²) in [6, 6.07) is 2.73. The van der Waals surface area contributed by atoms with Crippen molar-refractivity contribution in [2.75, 3.05) is 23.0 Å². The fourth-order valence-electron chi connectivity index (χ4n) is 2.47. The maximum Gasteiger partial charge on any atom is 0.141 e. The molecule has 1 unspecified atom stereocenters. The minimum atomic E-state index is 0.567. The zero-order chi connectivity index (χ0) is 13.2. The second kappa shape index (κ2) is 5.67. The van der Waals surface area contributed by atoms with E-state index < -0.39 is 0 Å². The molecule has 5 heteroatoms. The first-order chi connectivity index (χ1) is 9.29. The third-order valence-corrected chi connectivity index (χ3v) is 5.43. The summed E-state index contributed by atoms with van der Waals surface area (Å²) in [7, 11) is 0. The Labute approximate surface area is 122 Å². The van der Waals surface area contributed by atoms with Crippen LogP contribution in [0.2, 0.25) is 0 Å². The first-order valence-electron chi connectivity index (χ1n) is 6.88. The van der Waals surface area contributed by atoms with Crippen LogP contribution in [0.4, 0.5) is 5.82 Å². The lowest BCUT2D eigenvalue weighted by atomic mass is 10.2. The molecule has 3 heterocycles. The lowest BCUT2D eigenvalue weighted by Crippen LogP contribution is -2.34. The Morgan fingerprint density at radius 1 is 1.37 bits per heavy atom. The maximum absolute atomic E-state index is 4.82. The molecule has 3 rings (SSSR count). The molecule has 0 amide bonds. The summed E-state index contributed by atoms with van der Waals surface area (Å²) in [6.45, 7) is 5.54. The molecule has 2 aromatic heterocycles. The second-order valence-electron chi connectivity index (χ2n) is 4.90. The van der Waals surface area contributed by atoms with Gasteiger partial charge in [-0.05, 0) is 30.5 Å². The molecule has 1 atom stereocenters. The number of nitrogens with zero attached hydrogens (tertiary/aromatic N) is 3. The van der Waals surface area contributed by atoms with Gasteiger partial charge in [0.05, 0.1) is 5.39 Å². The first kappa shape index (κ1) is 13.2. The summed E-state index contributed by atoms with van der Waals surface area (Å²) in [5.41, 5.74) is 0. The van der Waals surface area contributed by atoms with Crippen molar-refractivity contribution in [2.24, 2.45) is 0 Å². The van der Waals surface area contributed by atoms with E-state index in [2.05, 4.69) is 46.9 Å². The molecule has 0 spiro atoms. The number of thiophene rings is 1. The van der Waals surface area contributed by atoms with Crippen molar-refractivity contribution in [1.29, 1.82) is 0 Å². The van der Waals surface area contributed by atoms with Crippen molar-refractivity contribution in [3.63, 3.8) is 0 Å². The number of rotatable bonds is 2. The van der Waals surface area contributed by atoms with Gasteiger partial charge in [-0.2, -0.15) is 11.8 Å². The van der Waals surface area contributed by atoms with Crippen LogP contribution in [0.1, 0.15) is 26.1 Å². The van der Waals surface area contributed by atoms with E-state index in [1.54, 1.807) is 11.3 Å². The molecule has 1 saturated heterocycles. The number of thioether (sulfide) groups is 1. The van der Waals surface area contributed by atoms with Crippen LogP contribution in [0.15, 0.2) is 11.4 Å². The number of aromatic nitrogens is 2. The van der Waals surface area contributed by atoms with Crippen LogP contribution in [0.25, 0.3) is 10.2 Å². The van der Waals surface area contributed by atoms with Crippen molar-refractivity contribution in [3.05, 3.63) is 17.3 Å². The standard InChI is InChI=1S/C14H19N3S2/c1-3-12-15-13(11-5-8-19-14(11)16-12)17-6-9-18-7-4-10(17)2/h5,8,10H,3-4,6-7,9H2,1-2H3. The second-order valence-corrected chi connectivity index (χ2v) is 7.02. The molecular weight excluding hydrogens is 274 g/mol. The van der Waals surface area contributed by atoms with E-state index in [9.17, 15) is 0 Å². The van der Waals surface area contributed by atoms with Crippen molar-refractivity contribution >= 4 is 39.1 Å². The molecule has 0 N–H and O–H groups in total. The number of aryl methyl sites for hydroxylation is 1.